The highest BCUT2D eigenvalue weighted by Crippen LogP contribution is 2.34. The molecule has 1 unspecified atom stereocenters. The summed E-state index contributed by atoms with van der Waals surface area (Å²) in [7, 11) is -3.94. The summed E-state index contributed by atoms with van der Waals surface area (Å²) in [6.07, 6.45) is 5.31. The molecule has 1 saturated carbocycles. The highest BCUT2D eigenvalue weighted by Gasteiger charge is 2.26. The van der Waals surface area contributed by atoms with Gasteiger partial charge in [0, 0.05) is 12.0 Å². The molecule has 34 heavy (non-hydrogen) atoms. The van der Waals surface area contributed by atoms with Crippen LogP contribution in [0.4, 0.5) is 0 Å². The quantitative estimate of drug-likeness (QED) is 0.390. The molecule has 1 aromatic carbocycles. The maximum Gasteiger partial charge on any atom is 0.296 e. The first-order chi connectivity index (χ1) is 16.4. The van der Waals surface area contributed by atoms with Crippen molar-refractivity contribution in [1.29, 1.82) is 0 Å². The molecule has 1 aliphatic carbocycles. The van der Waals surface area contributed by atoms with Crippen LogP contribution in [0.1, 0.15) is 64.1 Å². The second kappa shape index (κ2) is 10.2. The number of nitrogens with zero attached hydrogens (tertiary/aromatic N) is 4. The molecule has 11 nitrogen and oxygen atoms in total. The molecule has 0 radical (unpaired) electrons. The van der Waals surface area contributed by atoms with Gasteiger partial charge in [-0.3, -0.25) is 4.79 Å². The van der Waals surface area contributed by atoms with Crippen molar-refractivity contribution in [1.82, 2.24) is 29.5 Å². The fourth-order valence-electron chi connectivity index (χ4n) is 4.35. The Morgan fingerprint density at radius 1 is 1.26 bits per heavy atom. The van der Waals surface area contributed by atoms with Gasteiger partial charge in [0.2, 0.25) is 15.7 Å². The third kappa shape index (κ3) is 4.84. The van der Waals surface area contributed by atoms with Crippen LogP contribution in [0.2, 0.25) is 0 Å². The largest absolute Gasteiger partial charge is 0.493 e. The maximum atomic E-state index is 13.0. The zero-order valence-corrected chi connectivity index (χ0v) is 20.1. The highest BCUT2D eigenvalue weighted by molar-refractivity contribution is 7.89. The van der Waals surface area contributed by atoms with Crippen molar-refractivity contribution in [3.8, 4) is 17.1 Å². The first kappa shape index (κ1) is 24.3. The van der Waals surface area contributed by atoms with E-state index in [4.69, 9.17) is 4.74 Å². The van der Waals surface area contributed by atoms with Gasteiger partial charge in [-0.2, -0.15) is 4.52 Å². The van der Waals surface area contributed by atoms with E-state index >= 15 is 0 Å². The fourth-order valence-corrected chi connectivity index (χ4v) is 5.63. The van der Waals surface area contributed by atoms with Crippen molar-refractivity contribution in [3.63, 3.8) is 0 Å². The topological polar surface area (TPSA) is 152 Å². The molecule has 12 heteroatoms. The minimum atomic E-state index is -3.94. The van der Waals surface area contributed by atoms with E-state index in [0.717, 1.165) is 32.1 Å². The van der Waals surface area contributed by atoms with Gasteiger partial charge in [-0.25, -0.2) is 13.1 Å². The van der Waals surface area contributed by atoms with Crippen molar-refractivity contribution < 1.29 is 18.3 Å². The smallest absolute Gasteiger partial charge is 0.296 e. The summed E-state index contributed by atoms with van der Waals surface area (Å²) in [5.74, 6) is 1.35. The predicted molar refractivity (Wildman–Crippen MR) is 125 cm³/mol. The average molecular weight is 491 g/mol. The molecule has 2 heterocycles. The van der Waals surface area contributed by atoms with E-state index in [1.54, 1.807) is 0 Å². The number of fused-ring (bicyclic) bond motifs is 1. The summed E-state index contributed by atoms with van der Waals surface area (Å²) in [5.41, 5.74) is -0.0517. The Morgan fingerprint density at radius 2 is 2.03 bits per heavy atom. The second-order valence-corrected chi connectivity index (χ2v) is 10.2. The lowest BCUT2D eigenvalue weighted by molar-refractivity contribution is 0.250. The van der Waals surface area contributed by atoms with E-state index in [0.29, 0.717) is 30.2 Å². The third-order valence-corrected chi connectivity index (χ3v) is 7.53. The molecule has 0 spiro atoms. The van der Waals surface area contributed by atoms with Crippen molar-refractivity contribution in [2.75, 3.05) is 13.2 Å². The van der Waals surface area contributed by atoms with Crippen molar-refractivity contribution in [2.24, 2.45) is 0 Å². The minimum Gasteiger partial charge on any atom is -0.493 e. The van der Waals surface area contributed by atoms with Crippen LogP contribution in [0.3, 0.4) is 0 Å². The number of sulfonamides is 1. The van der Waals surface area contributed by atoms with Crippen LogP contribution < -0.4 is 15.0 Å². The van der Waals surface area contributed by atoms with Gasteiger partial charge in [0.15, 0.2) is 11.6 Å². The Hall–Kier alpha value is -2.83. The molecular weight excluding hydrogens is 460 g/mol. The predicted octanol–water partition coefficient (Wildman–Crippen LogP) is 1.98. The van der Waals surface area contributed by atoms with Gasteiger partial charge in [0.25, 0.3) is 5.56 Å². The van der Waals surface area contributed by atoms with E-state index in [1.807, 2.05) is 13.8 Å². The number of nitrogens with one attached hydrogen (secondary N) is 2. The zero-order chi connectivity index (χ0) is 24.3. The molecule has 3 N–H and O–H groups in total. The molecule has 0 aliphatic heterocycles. The summed E-state index contributed by atoms with van der Waals surface area (Å²) in [4.78, 5) is 15.5. The Bertz CT molecular complexity index is 1310. The molecule has 1 atom stereocenters. The van der Waals surface area contributed by atoms with Gasteiger partial charge in [-0.05, 0) is 44.4 Å². The standard InChI is InChI=1S/C22H30N6O5S/c1-3-7-15(13-29)27-34(31,32)16-10-11-18(33-4-2)17(12-16)19-23-22(30)21-25-24-20(28(21)26-19)14-8-5-6-9-14/h10-12,14-15,27,29H,3-9,13H2,1-2H3,(H,23,26,30). The molecule has 1 fully saturated rings. The molecule has 4 rings (SSSR count). The number of aromatic amines is 1. The summed E-state index contributed by atoms with van der Waals surface area (Å²) >= 11 is 0. The molecule has 2 aromatic heterocycles. The lowest BCUT2D eigenvalue weighted by atomic mass is 10.1. The number of aliphatic hydroxyl groups is 1. The molecule has 184 valence electrons. The molecule has 1 aliphatic rings. The molecule has 0 saturated heterocycles. The van der Waals surface area contributed by atoms with Gasteiger partial charge in [-0.15, -0.1) is 15.3 Å². The van der Waals surface area contributed by atoms with E-state index in [2.05, 4.69) is 25.0 Å². The number of H-pyrrole nitrogens is 1. The number of hydrogen-bond donors (Lipinski definition) is 3. The Labute approximate surface area is 197 Å². The lowest BCUT2D eigenvalue weighted by Gasteiger charge is -2.17. The number of rotatable bonds is 10. The van der Waals surface area contributed by atoms with Crippen LogP contribution in [-0.4, -0.2) is 57.6 Å². The monoisotopic (exact) mass is 490 g/mol. The third-order valence-electron chi connectivity index (χ3n) is 6.02. The first-order valence-electron chi connectivity index (χ1n) is 11.6. The summed E-state index contributed by atoms with van der Waals surface area (Å²) in [6, 6.07) is 3.79. The number of benzene rings is 1. The number of ether oxygens (including phenoxy) is 1. The Kier molecular flexibility index (Phi) is 7.29. The second-order valence-electron chi connectivity index (χ2n) is 8.46. The first-order valence-corrected chi connectivity index (χ1v) is 13.1. The van der Waals surface area contributed by atoms with Gasteiger partial charge in [0.1, 0.15) is 5.75 Å². The molecule has 0 amide bonds. The van der Waals surface area contributed by atoms with Crippen molar-refractivity contribution in [2.45, 2.75) is 69.2 Å². The van der Waals surface area contributed by atoms with Crippen LogP contribution in [-0.2, 0) is 10.0 Å². The van der Waals surface area contributed by atoms with Gasteiger partial charge >= 0.3 is 0 Å². The molecule has 3 aromatic rings. The van der Waals surface area contributed by atoms with E-state index < -0.39 is 21.6 Å². The molecule has 0 bridgehead atoms. The van der Waals surface area contributed by atoms with Gasteiger partial charge in [-0.1, -0.05) is 26.2 Å². The van der Waals surface area contributed by atoms with Crippen molar-refractivity contribution >= 4 is 15.7 Å². The van der Waals surface area contributed by atoms with Gasteiger partial charge < -0.3 is 14.8 Å². The van der Waals surface area contributed by atoms with Crippen LogP contribution >= 0.6 is 0 Å². The normalized spacial score (nSPS) is 15.7. The molecular formula is C22H30N6O5S. The SMILES string of the molecule is CCCC(CO)NS(=O)(=O)c1ccc(OCC)c(-c2nn3c(C4CCCC4)nnc3c(=O)[nH]2)c1. The summed E-state index contributed by atoms with van der Waals surface area (Å²) in [5, 5.41) is 22.3. The average Bonchev–Trinajstić information content (AvgIpc) is 3.49. The number of aliphatic hydroxyl groups excluding tert-OH is 1. The zero-order valence-electron chi connectivity index (χ0n) is 19.3. The Morgan fingerprint density at radius 3 is 2.71 bits per heavy atom. The van der Waals surface area contributed by atoms with Crippen molar-refractivity contribution in [3.05, 3.63) is 34.4 Å². The van der Waals surface area contributed by atoms with Crippen LogP contribution in [0.15, 0.2) is 27.9 Å². The lowest BCUT2D eigenvalue weighted by Crippen LogP contribution is -2.37. The van der Waals surface area contributed by atoms with E-state index in [1.165, 1.54) is 22.7 Å². The van der Waals surface area contributed by atoms with Crippen LogP contribution in [0.25, 0.3) is 17.0 Å². The number of hydrogen-bond acceptors (Lipinski definition) is 8. The summed E-state index contributed by atoms with van der Waals surface area (Å²) in [6.45, 7) is 3.76. The van der Waals surface area contributed by atoms with Gasteiger partial charge in [0.05, 0.1) is 23.7 Å². The van der Waals surface area contributed by atoms with Crippen LogP contribution in [0, 0.1) is 0 Å². The fraction of sp³-hybridized carbons (Fsp3) is 0.545. The maximum absolute atomic E-state index is 13.0. The summed E-state index contributed by atoms with van der Waals surface area (Å²) < 4.78 is 35.7. The van der Waals surface area contributed by atoms with Crippen LogP contribution in [0.5, 0.6) is 5.75 Å². The van der Waals surface area contributed by atoms with E-state index in [9.17, 15) is 18.3 Å². The number of aromatic nitrogens is 5. The highest BCUT2D eigenvalue weighted by atomic mass is 32.2. The van der Waals surface area contributed by atoms with E-state index in [-0.39, 0.29) is 28.9 Å². The minimum absolute atomic E-state index is 0.0250. The Balaban J connectivity index is 1.81.